The highest BCUT2D eigenvalue weighted by molar-refractivity contribution is 7.98. The summed E-state index contributed by atoms with van der Waals surface area (Å²) in [5.41, 5.74) is 2.59. The first-order valence-corrected chi connectivity index (χ1v) is 12.4. The predicted molar refractivity (Wildman–Crippen MR) is 123 cm³/mol. The number of benzene rings is 2. The fraction of sp³-hybridized carbons (Fsp3) is 0.318. The summed E-state index contributed by atoms with van der Waals surface area (Å²) in [5, 5.41) is 3.91. The van der Waals surface area contributed by atoms with Gasteiger partial charge in [0.15, 0.2) is 0 Å². The molecule has 5 nitrogen and oxygen atoms in total. The van der Waals surface area contributed by atoms with E-state index in [9.17, 15) is 13.2 Å². The molecule has 0 saturated carbocycles. The summed E-state index contributed by atoms with van der Waals surface area (Å²) in [7, 11) is -3.77. The summed E-state index contributed by atoms with van der Waals surface area (Å²) in [6.07, 6.45) is 3.83. The number of sulfonamides is 1. The van der Waals surface area contributed by atoms with E-state index < -0.39 is 16.1 Å². The first-order valence-electron chi connectivity index (χ1n) is 9.46. The van der Waals surface area contributed by atoms with E-state index in [-0.39, 0.29) is 5.91 Å². The molecule has 29 heavy (non-hydrogen) atoms. The van der Waals surface area contributed by atoms with Crippen LogP contribution in [0.1, 0.15) is 37.3 Å². The highest BCUT2D eigenvalue weighted by Crippen LogP contribution is 2.17. The van der Waals surface area contributed by atoms with Gasteiger partial charge in [0.2, 0.25) is 15.9 Å². The maximum atomic E-state index is 12.7. The van der Waals surface area contributed by atoms with Crippen LogP contribution in [-0.4, -0.2) is 32.4 Å². The van der Waals surface area contributed by atoms with Crippen molar-refractivity contribution in [2.45, 2.75) is 32.2 Å². The molecule has 1 atom stereocenters. The highest BCUT2D eigenvalue weighted by atomic mass is 32.2. The highest BCUT2D eigenvalue weighted by Gasteiger charge is 2.23. The number of hydrogen-bond acceptors (Lipinski definition) is 4. The second-order valence-electron chi connectivity index (χ2n) is 6.98. The van der Waals surface area contributed by atoms with Crippen molar-refractivity contribution in [3.8, 4) is 0 Å². The normalized spacial score (nSPS) is 13.0. The van der Waals surface area contributed by atoms with Crippen LogP contribution in [0.3, 0.4) is 0 Å². The average Bonchev–Trinajstić information content (AvgIpc) is 2.70. The van der Waals surface area contributed by atoms with Gasteiger partial charge in [0.05, 0.1) is 0 Å². The third-order valence-corrected chi connectivity index (χ3v) is 6.07. The number of nitrogens with one attached hydrogen (secondary N) is 2. The molecule has 0 aromatic heterocycles. The van der Waals surface area contributed by atoms with Crippen LogP contribution in [0.4, 0.5) is 5.69 Å². The van der Waals surface area contributed by atoms with E-state index >= 15 is 0 Å². The van der Waals surface area contributed by atoms with E-state index in [2.05, 4.69) is 23.9 Å². The molecule has 0 aliphatic heterocycles. The summed E-state index contributed by atoms with van der Waals surface area (Å²) in [4.78, 5) is 12.7. The second kappa shape index (κ2) is 11.2. The Bertz CT molecular complexity index is 909. The number of rotatable bonds is 10. The van der Waals surface area contributed by atoms with Gasteiger partial charge in [-0.05, 0) is 53.7 Å². The molecule has 0 spiro atoms. The van der Waals surface area contributed by atoms with Crippen LogP contribution in [0.5, 0.6) is 0 Å². The van der Waals surface area contributed by atoms with Gasteiger partial charge in [-0.3, -0.25) is 4.79 Å². The fourth-order valence-electron chi connectivity index (χ4n) is 2.63. The third kappa shape index (κ3) is 8.04. The van der Waals surface area contributed by atoms with E-state index in [4.69, 9.17) is 0 Å². The Morgan fingerprint density at radius 1 is 1.07 bits per heavy atom. The Kier molecular flexibility index (Phi) is 8.95. The molecule has 2 N–H and O–H groups in total. The van der Waals surface area contributed by atoms with E-state index in [1.165, 1.54) is 11.6 Å². The summed E-state index contributed by atoms with van der Waals surface area (Å²) in [5.74, 6) is 0.695. The zero-order valence-corrected chi connectivity index (χ0v) is 18.6. The van der Waals surface area contributed by atoms with Crippen LogP contribution in [-0.2, 0) is 14.8 Å². The van der Waals surface area contributed by atoms with Crippen LogP contribution in [0.25, 0.3) is 6.08 Å². The van der Waals surface area contributed by atoms with Crippen LogP contribution in [0, 0.1) is 0 Å². The molecular weight excluding hydrogens is 404 g/mol. The maximum absolute atomic E-state index is 12.7. The number of amides is 1. The van der Waals surface area contributed by atoms with Crippen LogP contribution in [0.15, 0.2) is 60.0 Å². The van der Waals surface area contributed by atoms with Gasteiger partial charge in [-0.2, -0.15) is 16.5 Å². The molecule has 1 unspecified atom stereocenters. The van der Waals surface area contributed by atoms with Gasteiger partial charge in [-0.15, -0.1) is 0 Å². The number of thioether (sulfide) groups is 1. The minimum atomic E-state index is -3.77. The van der Waals surface area contributed by atoms with Gasteiger partial charge < -0.3 is 5.32 Å². The molecule has 0 aliphatic carbocycles. The number of anilines is 1. The van der Waals surface area contributed by atoms with E-state index in [1.54, 1.807) is 11.8 Å². The minimum absolute atomic E-state index is 0.368. The van der Waals surface area contributed by atoms with Crippen molar-refractivity contribution in [2.75, 3.05) is 17.3 Å². The summed E-state index contributed by atoms with van der Waals surface area (Å²) < 4.78 is 27.4. The quantitative estimate of drug-likeness (QED) is 0.581. The molecule has 0 aliphatic rings. The smallest absolute Gasteiger partial charge is 0.242 e. The molecular formula is C22H28N2O3S2. The van der Waals surface area contributed by atoms with Crippen LogP contribution in [0.2, 0.25) is 0 Å². The topological polar surface area (TPSA) is 75.3 Å². The molecule has 0 bridgehead atoms. The van der Waals surface area contributed by atoms with Crippen molar-refractivity contribution in [2.24, 2.45) is 0 Å². The molecule has 0 fully saturated rings. The molecule has 2 rings (SSSR count). The molecule has 1 amide bonds. The number of hydrogen-bond donors (Lipinski definition) is 2. The summed E-state index contributed by atoms with van der Waals surface area (Å²) in [6.45, 7) is 4.20. The first kappa shape index (κ1) is 23.2. The van der Waals surface area contributed by atoms with E-state index in [1.807, 2.05) is 60.9 Å². The second-order valence-corrected chi connectivity index (χ2v) is 9.56. The molecule has 2 aromatic rings. The summed E-state index contributed by atoms with van der Waals surface area (Å²) in [6, 6.07) is 15.9. The molecule has 0 saturated heterocycles. The van der Waals surface area contributed by atoms with Gasteiger partial charge >= 0.3 is 0 Å². The minimum Gasteiger partial charge on any atom is -0.325 e. The van der Waals surface area contributed by atoms with Crippen molar-refractivity contribution in [3.05, 3.63) is 71.1 Å². The van der Waals surface area contributed by atoms with E-state index in [0.29, 0.717) is 23.8 Å². The molecule has 0 heterocycles. The number of carbonyl (C=O) groups is 1. The van der Waals surface area contributed by atoms with Crippen molar-refractivity contribution in [1.82, 2.24) is 4.72 Å². The van der Waals surface area contributed by atoms with Gasteiger partial charge in [-0.25, -0.2) is 8.42 Å². The van der Waals surface area contributed by atoms with E-state index in [0.717, 1.165) is 11.0 Å². The lowest BCUT2D eigenvalue weighted by atomic mass is 10.0. The molecule has 0 radical (unpaired) electrons. The van der Waals surface area contributed by atoms with Crippen molar-refractivity contribution < 1.29 is 13.2 Å². The van der Waals surface area contributed by atoms with Crippen molar-refractivity contribution in [3.63, 3.8) is 0 Å². The Hall–Kier alpha value is -2.09. The van der Waals surface area contributed by atoms with Crippen molar-refractivity contribution >= 4 is 39.5 Å². The standard InChI is InChI=1S/C22H28N2O3S2/c1-17(2)19-9-11-20(12-10-19)23-22(25)21(13-15-28-3)24-29(26,27)16-14-18-7-5-4-6-8-18/h4-12,14,16-17,21,24H,13,15H2,1-3H3,(H,23,25)/b16-14+. The fourth-order valence-corrected chi connectivity index (χ4v) is 4.14. The van der Waals surface area contributed by atoms with Gasteiger partial charge in [0.1, 0.15) is 6.04 Å². The van der Waals surface area contributed by atoms with Crippen LogP contribution >= 0.6 is 11.8 Å². The lowest BCUT2D eigenvalue weighted by molar-refractivity contribution is -0.117. The van der Waals surface area contributed by atoms with Gasteiger partial charge in [0.25, 0.3) is 0 Å². The zero-order valence-electron chi connectivity index (χ0n) is 17.0. The Labute approximate surface area is 178 Å². The Balaban J connectivity index is 2.08. The lowest BCUT2D eigenvalue weighted by Gasteiger charge is -2.17. The number of carbonyl (C=O) groups excluding carboxylic acids is 1. The largest absolute Gasteiger partial charge is 0.325 e. The summed E-state index contributed by atoms with van der Waals surface area (Å²) >= 11 is 1.56. The van der Waals surface area contributed by atoms with Gasteiger partial charge in [-0.1, -0.05) is 56.3 Å². The lowest BCUT2D eigenvalue weighted by Crippen LogP contribution is -2.43. The third-order valence-electron chi connectivity index (χ3n) is 4.32. The predicted octanol–water partition coefficient (Wildman–Crippen LogP) is 4.46. The molecule has 156 valence electrons. The van der Waals surface area contributed by atoms with Gasteiger partial charge in [0, 0.05) is 11.1 Å². The first-order chi connectivity index (χ1) is 13.8. The Morgan fingerprint density at radius 2 is 1.72 bits per heavy atom. The monoisotopic (exact) mass is 432 g/mol. The zero-order chi connectivity index (χ0) is 21.3. The van der Waals surface area contributed by atoms with Crippen LogP contribution < -0.4 is 10.0 Å². The molecule has 2 aromatic carbocycles. The average molecular weight is 433 g/mol. The van der Waals surface area contributed by atoms with Crippen molar-refractivity contribution in [1.29, 1.82) is 0 Å². The Morgan fingerprint density at radius 3 is 2.31 bits per heavy atom. The maximum Gasteiger partial charge on any atom is 0.242 e. The molecule has 7 heteroatoms. The SMILES string of the molecule is CSCCC(NS(=O)(=O)/C=C/c1ccccc1)C(=O)Nc1ccc(C(C)C)cc1.